The van der Waals surface area contributed by atoms with E-state index in [4.69, 9.17) is 5.11 Å². The topological polar surface area (TPSA) is 71.4 Å². The molecule has 1 aromatic rings. The maximum Gasteiger partial charge on any atom is 0.322 e. The van der Waals surface area contributed by atoms with Gasteiger partial charge in [0.25, 0.3) is 0 Å². The normalized spacial score (nSPS) is 13.1. The molecule has 0 radical (unpaired) electrons. The minimum absolute atomic E-state index is 0.0814. The summed E-state index contributed by atoms with van der Waals surface area (Å²) in [5.41, 5.74) is 0. The van der Waals surface area contributed by atoms with E-state index in [1.807, 2.05) is 0 Å². The van der Waals surface area contributed by atoms with E-state index in [0.29, 0.717) is 6.42 Å². The Balaban J connectivity index is 2.84. The Morgan fingerprint density at radius 1 is 1.16 bits per heavy atom. The molecule has 0 saturated carbocycles. The van der Waals surface area contributed by atoms with Gasteiger partial charge >= 0.3 is 5.97 Å². The van der Waals surface area contributed by atoms with Crippen LogP contribution in [-0.4, -0.2) is 24.7 Å². The van der Waals surface area contributed by atoms with Crippen LogP contribution in [0.15, 0.2) is 35.2 Å². The van der Waals surface area contributed by atoms with Crippen molar-refractivity contribution in [3.8, 4) is 0 Å². The predicted molar refractivity (Wildman–Crippen MR) is 73.8 cm³/mol. The average molecular weight is 284 g/mol. The van der Waals surface area contributed by atoms with Gasteiger partial charge in [-0.25, -0.2) is 8.42 Å². The van der Waals surface area contributed by atoms with Crippen molar-refractivity contribution < 1.29 is 18.3 Å². The van der Waals surface area contributed by atoms with Crippen molar-refractivity contribution in [2.24, 2.45) is 0 Å². The van der Waals surface area contributed by atoms with Crippen molar-refractivity contribution in [1.82, 2.24) is 0 Å². The van der Waals surface area contributed by atoms with Gasteiger partial charge in [0.15, 0.2) is 15.1 Å². The number of sulfone groups is 1. The second kappa shape index (κ2) is 7.28. The highest BCUT2D eigenvalue weighted by Crippen LogP contribution is 2.20. The number of carbonyl (C=O) groups is 1. The molecule has 0 aliphatic heterocycles. The fraction of sp³-hybridized carbons (Fsp3) is 0.500. The highest BCUT2D eigenvalue weighted by atomic mass is 32.2. The second-order valence-electron chi connectivity index (χ2n) is 4.53. The van der Waals surface area contributed by atoms with Crippen LogP contribution in [0.25, 0.3) is 0 Å². The van der Waals surface area contributed by atoms with Crippen LogP contribution < -0.4 is 0 Å². The van der Waals surface area contributed by atoms with Gasteiger partial charge in [0.1, 0.15) is 0 Å². The van der Waals surface area contributed by atoms with Crippen molar-refractivity contribution in [3.63, 3.8) is 0 Å². The van der Waals surface area contributed by atoms with Gasteiger partial charge in [-0.3, -0.25) is 4.79 Å². The van der Waals surface area contributed by atoms with E-state index in [-0.39, 0.29) is 11.3 Å². The maximum atomic E-state index is 12.3. The summed E-state index contributed by atoms with van der Waals surface area (Å²) in [6.07, 6.45) is 3.69. The molecule has 1 N–H and O–H groups in total. The van der Waals surface area contributed by atoms with E-state index in [9.17, 15) is 13.2 Å². The lowest BCUT2D eigenvalue weighted by molar-refractivity contribution is -0.136. The maximum absolute atomic E-state index is 12.3. The van der Waals surface area contributed by atoms with E-state index in [2.05, 4.69) is 6.92 Å². The largest absolute Gasteiger partial charge is 0.480 e. The van der Waals surface area contributed by atoms with Gasteiger partial charge in [-0.2, -0.15) is 0 Å². The molecule has 0 aliphatic carbocycles. The van der Waals surface area contributed by atoms with Crippen LogP contribution in [0.1, 0.15) is 39.0 Å². The second-order valence-corrected chi connectivity index (χ2v) is 6.66. The van der Waals surface area contributed by atoms with Crippen LogP contribution in [0.2, 0.25) is 0 Å². The number of benzene rings is 1. The summed E-state index contributed by atoms with van der Waals surface area (Å²) in [5, 5.41) is 7.81. The third-order valence-electron chi connectivity index (χ3n) is 3.04. The molecule has 0 spiro atoms. The van der Waals surface area contributed by atoms with Crippen LogP contribution in [-0.2, 0) is 14.6 Å². The molecule has 1 unspecified atom stereocenters. The summed E-state index contributed by atoms with van der Waals surface area (Å²) in [5.74, 6) is -1.26. The van der Waals surface area contributed by atoms with Crippen molar-refractivity contribution in [3.05, 3.63) is 30.3 Å². The molecule has 0 saturated heterocycles. The van der Waals surface area contributed by atoms with E-state index in [1.165, 1.54) is 12.1 Å². The average Bonchev–Trinajstić information content (AvgIpc) is 2.39. The van der Waals surface area contributed by atoms with Crippen LogP contribution in [0.4, 0.5) is 0 Å². The number of unbranched alkanes of at least 4 members (excludes halogenated alkanes) is 3. The fourth-order valence-corrected chi connectivity index (χ4v) is 3.55. The Morgan fingerprint density at radius 3 is 2.32 bits per heavy atom. The number of carboxylic acids is 1. The molecule has 0 aromatic heterocycles. The lowest BCUT2D eigenvalue weighted by atomic mass is 10.1. The Kier molecular flexibility index (Phi) is 6.02. The molecule has 0 amide bonds. The Hall–Kier alpha value is -1.36. The summed E-state index contributed by atoms with van der Waals surface area (Å²) >= 11 is 0. The molecule has 1 aromatic carbocycles. The quantitative estimate of drug-likeness (QED) is 0.745. The zero-order chi connectivity index (χ0) is 14.3. The number of rotatable bonds is 8. The van der Waals surface area contributed by atoms with E-state index < -0.39 is 21.1 Å². The predicted octanol–water partition coefficient (Wildman–Crippen LogP) is 2.88. The summed E-state index contributed by atoms with van der Waals surface area (Å²) in [4.78, 5) is 11.3. The third kappa shape index (κ3) is 4.35. The van der Waals surface area contributed by atoms with Gasteiger partial charge in [0, 0.05) is 0 Å². The number of hydrogen-bond donors (Lipinski definition) is 1. The lowest BCUT2D eigenvalue weighted by Crippen LogP contribution is -2.30. The first-order chi connectivity index (χ1) is 9.00. The molecule has 0 heterocycles. The highest BCUT2D eigenvalue weighted by molar-refractivity contribution is 7.92. The van der Waals surface area contributed by atoms with E-state index in [0.717, 1.165) is 19.3 Å². The Bertz CT molecular complexity index is 493. The molecule has 4 nitrogen and oxygen atoms in total. The summed E-state index contributed by atoms with van der Waals surface area (Å²) < 4.78 is 24.5. The van der Waals surface area contributed by atoms with Crippen LogP contribution in [0.3, 0.4) is 0 Å². The summed E-state index contributed by atoms with van der Waals surface area (Å²) in [6, 6.07) is 7.79. The molecule has 1 rings (SSSR count). The first-order valence-corrected chi connectivity index (χ1v) is 8.06. The van der Waals surface area contributed by atoms with E-state index in [1.54, 1.807) is 18.2 Å². The van der Waals surface area contributed by atoms with Crippen LogP contribution >= 0.6 is 0 Å². The van der Waals surface area contributed by atoms with Gasteiger partial charge in [0.2, 0.25) is 0 Å². The third-order valence-corrected chi connectivity index (χ3v) is 5.16. The van der Waals surface area contributed by atoms with Gasteiger partial charge < -0.3 is 5.11 Å². The molecule has 0 aliphatic rings. The van der Waals surface area contributed by atoms with Gasteiger partial charge in [-0.15, -0.1) is 0 Å². The smallest absolute Gasteiger partial charge is 0.322 e. The molecule has 19 heavy (non-hydrogen) atoms. The Labute approximate surface area is 114 Å². The van der Waals surface area contributed by atoms with Crippen molar-refractivity contribution in [1.29, 1.82) is 0 Å². The first-order valence-electron chi connectivity index (χ1n) is 6.52. The van der Waals surface area contributed by atoms with Crippen molar-refractivity contribution in [2.45, 2.75) is 49.2 Å². The molecule has 106 valence electrons. The van der Waals surface area contributed by atoms with E-state index >= 15 is 0 Å². The van der Waals surface area contributed by atoms with Crippen molar-refractivity contribution >= 4 is 15.8 Å². The number of hydrogen-bond acceptors (Lipinski definition) is 3. The van der Waals surface area contributed by atoms with Crippen molar-refractivity contribution in [2.75, 3.05) is 0 Å². The zero-order valence-corrected chi connectivity index (χ0v) is 11.9. The summed E-state index contributed by atoms with van der Waals surface area (Å²) in [7, 11) is -3.79. The Morgan fingerprint density at radius 2 is 1.79 bits per heavy atom. The first kappa shape index (κ1) is 15.7. The zero-order valence-electron chi connectivity index (χ0n) is 11.1. The number of carboxylic acid groups (broad SMARTS) is 1. The van der Waals surface area contributed by atoms with Gasteiger partial charge in [-0.1, -0.05) is 50.8 Å². The molecule has 0 bridgehead atoms. The standard InChI is InChI=1S/C14H20O4S/c1-2-3-4-8-11-13(14(15)16)19(17,18)12-9-6-5-7-10-12/h5-7,9-10,13H,2-4,8,11H2,1H3,(H,15,16). The minimum atomic E-state index is -3.79. The molecule has 5 heteroatoms. The molecule has 1 atom stereocenters. The SMILES string of the molecule is CCCCCCC(C(=O)O)S(=O)(=O)c1ccccc1. The van der Waals surface area contributed by atoms with Gasteiger partial charge in [0.05, 0.1) is 4.90 Å². The van der Waals surface area contributed by atoms with Gasteiger partial charge in [-0.05, 0) is 18.6 Å². The minimum Gasteiger partial charge on any atom is -0.480 e. The monoisotopic (exact) mass is 284 g/mol. The molecular weight excluding hydrogens is 264 g/mol. The van der Waals surface area contributed by atoms with Crippen LogP contribution in [0, 0.1) is 0 Å². The molecular formula is C14H20O4S. The fourth-order valence-electron chi connectivity index (χ4n) is 1.94. The van der Waals surface area contributed by atoms with Crippen LogP contribution in [0.5, 0.6) is 0 Å². The lowest BCUT2D eigenvalue weighted by Gasteiger charge is -2.13. The summed E-state index contributed by atoms with van der Waals surface area (Å²) in [6.45, 7) is 2.05. The highest BCUT2D eigenvalue weighted by Gasteiger charge is 2.33. The number of aliphatic carboxylic acids is 1. The molecule has 0 fully saturated rings.